The zero-order valence-electron chi connectivity index (χ0n) is 14.3. The second-order valence-electron chi connectivity index (χ2n) is 5.81. The lowest BCUT2D eigenvalue weighted by molar-refractivity contribution is -0.115. The van der Waals surface area contributed by atoms with E-state index in [-0.39, 0.29) is 24.1 Å². The number of phenols is 1. The second kappa shape index (κ2) is 7.57. The molecule has 3 N–H and O–H groups in total. The summed E-state index contributed by atoms with van der Waals surface area (Å²) in [5.41, 5.74) is 2.96. The average Bonchev–Trinajstić information content (AvgIpc) is 3.04. The maximum Gasteiger partial charge on any atom is 0.268 e. The van der Waals surface area contributed by atoms with Crippen molar-refractivity contribution in [3.8, 4) is 17.0 Å². The van der Waals surface area contributed by atoms with Crippen LogP contribution >= 0.6 is 0 Å². The molecule has 0 spiro atoms. The van der Waals surface area contributed by atoms with E-state index in [2.05, 4.69) is 10.6 Å². The van der Waals surface area contributed by atoms with Gasteiger partial charge in [0, 0.05) is 18.4 Å². The molecule has 0 aliphatic carbocycles. The lowest BCUT2D eigenvalue weighted by Gasteiger charge is -2.09. The van der Waals surface area contributed by atoms with Crippen molar-refractivity contribution in [1.29, 1.82) is 0 Å². The standard InChI is InChI=1S/C20H19N3O3/c1-23-17(14-5-3-2-4-6-14)11-12-18(23)20(26)21-13-19(25)22-15-7-9-16(24)10-8-15/h2-12,24H,13H2,1H3,(H,21,26)(H,22,25). The molecule has 3 rings (SSSR count). The molecule has 0 bridgehead atoms. The highest BCUT2D eigenvalue weighted by molar-refractivity contribution is 5.99. The average molecular weight is 349 g/mol. The second-order valence-corrected chi connectivity index (χ2v) is 5.81. The molecule has 132 valence electrons. The Morgan fingerprint density at radius 2 is 1.65 bits per heavy atom. The van der Waals surface area contributed by atoms with Crippen LogP contribution in [0.5, 0.6) is 5.75 Å². The van der Waals surface area contributed by atoms with Crippen LogP contribution < -0.4 is 10.6 Å². The lowest BCUT2D eigenvalue weighted by Crippen LogP contribution is -2.33. The van der Waals surface area contributed by atoms with E-state index in [4.69, 9.17) is 0 Å². The normalized spacial score (nSPS) is 10.3. The van der Waals surface area contributed by atoms with Gasteiger partial charge in [0.2, 0.25) is 5.91 Å². The van der Waals surface area contributed by atoms with E-state index in [9.17, 15) is 14.7 Å². The first kappa shape index (κ1) is 17.3. The van der Waals surface area contributed by atoms with Crippen LogP contribution in [0.2, 0.25) is 0 Å². The van der Waals surface area contributed by atoms with E-state index in [0.29, 0.717) is 11.4 Å². The van der Waals surface area contributed by atoms with Crippen LogP contribution in [0.3, 0.4) is 0 Å². The van der Waals surface area contributed by atoms with Gasteiger partial charge < -0.3 is 20.3 Å². The number of nitrogens with one attached hydrogen (secondary N) is 2. The van der Waals surface area contributed by atoms with Gasteiger partial charge in [0.15, 0.2) is 0 Å². The Hall–Kier alpha value is -3.54. The van der Waals surface area contributed by atoms with Gasteiger partial charge in [-0.3, -0.25) is 9.59 Å². The van der Waals surface area contributed by atoms with Crippen LogP contribution in [-0.4, -0.2) is 28.0 Å². The van der Waals surface area contributed by atoms with Crippen LogP contribution in [0.4, 0.5) is 5.69 Å². The number of aromatic hydroxyl groups is 1. The molecule has 6 nitrogen and oxygen atoms in total. The zero-order chi connectivity index (χ0) is 18.5. The Labute approximate surface area is 151 Å². The van der Waals surface area contributed by atoms with Gasteiger partial charge in [0.05, 0.1) is 6.54 Å². The molecule has 26 heavy (non-hydrogen) atoms. The number of carbonyl (C=O) groups is 2. The zero-order valence-corrected chi connectivity index (χ0v) is 14.3. The van der Waals surface area contributed by atoms with E-state index in [0.717, 1.165) is 11.3 Å². The Morgan fingerprint density at radius 1 is 0.962 bits per heavy atom. The molecule has 0 aliphatic heterocycles. The van der Waals surface area contributed by atoms with Gasteiger partial charge in [-0.1, -0.05) is 30.3 Å². The molecule has 2 amide bonds. The highest BCUT2D eigenvalue weighted by Gasteiger charge is 2.14. The number of anilines is 1. The summed E-state index contributed by atoms with van der Waals surface area (Å²) in [6.07, 6.45) is 0. The first-order chi connectivity index (χ1) is 12.5. The molecule has 0 radical (unpaired) electrons. The highest BCUT2D eigenvalue weighted by Crippen LogP contribution is 2.21. The molecule has 6 heteroatoms. The number of phenolic OH excluding ortho intramolecular Hbond substituents is 1. The molecular formula is C20H19N3O3. The van der Waals surface area contributed by atoms with E-state index >= 15 is 0 Å². The fourth-order valence-electron chi connectivity index (χ4n) is 2.64. The van der Waals surface area contributed by atoms with Gasteiger partial charge in [0.25, 0.3) is 5.91 Å². The van der Waals surface area contributed by atoms with Crippen molar-refractivity contribution in [3.05, 3.63) is 72.4 Å². The van der Waals surface area contributed by atoms with Gasteiger partial charge in [0.1, 0.15) is 11.4 Å². The molecule has 0 atom stereocenters. The number of rotatable bonds is 5. The van der Waals surface area contributed by atoms with Crippen molar-refractivity contribution in [2.45, 2.75) is 0 Å². The van der Waals surface area contributed by atoms with E-state index in [1.54, 1.807) is 22.8 Å². The fourth-order valence-corrected chi connectivity index (χ4v) is 2.64. The van der Waals surface area contributed by atoms with Crippen LogP contribution in [0.1, 0.15) is 10.5 Å². The maximum absolute atomic E-state index is 12.4. The fraction of sp³-hybridized carbons (Fsp3) is 0.100. The minimum atomic E-state index is -0.346. The number of amides is 2. The highest BCUT2D eigenvalue weighted by atomic mass is 16.3. The molecule has 0 unspecified atom stereocenters. The summed E-state index contributed by atoms with van der Waals surface area (Å²) in [7, 11) is 1.81. The predicted octanol–water partition coefficient (Wildman–Crippen LogP) is 2.77. The number of aromatic nitrogens is 1. The van der Waals surface area contributed by atoms with Gasteiger partial charge in [-0.05, 0) is 42.0 Å². The van der Waals surface area contributed by atoms with Crippen molar-refractivity contribution >= 4 is 17.5 Å². The predicted molar refractivity (Wildman–Crippen MR) is 99.9 cm³/mol. The Morgan fingerprint density at radius 3 is 2.35 bits per heavy atom. The van der Waals surface area contributed by atoms with Gasteiger partial charge >= 0.3 is 0 Å². The molecular weight excluding hydrogens is 330 g/mol. The molecule has 0 saturated carbocycles. The monoisotopic (exact) mass is 349 g/mol. The summed E-state index contributed by atoms with van der Waals surface area (Å²) in [5, 5.41) is 14.5. The SMILES string of the molecule is Cn1c(C(=O)NCC(=O)Nc2ccc(O)cc2)ccc1-c1ccccc1. The van der Waals surface area contributed by atoms with Crippen molar-refractivity contribution in [2.75, 3.05) is 11.9 Å². The van der Waals surface area contributed by atoms with E-state index in [1.807, 2.05) is 43.4 Å². The number of hydrogen-bond acceptors (Lipinski definition) is 3. The first-order valence-electron chi connectivity index (χ1n) is 8.13. The number of benzene rings is 2. The molecule has 1 heterocycles. The number of nitrogens with zero attached hydrogens (tertiary/aromatic N) is 1. The first-order valence-corrected chi connectivity index (χ1v) is 8.13. The van der Waals surface area contributed by atoms with Crippen LogP contribution in [0, 0.1) is 0 Å². The third kappa shape index (κ3) is 3.92. The Kier molecular flexibility index (Phi) is 5.03. The summed E-state index contributed by atoms with van der Waals surface area (Å²) in [5.74, 6) is -0.550. The van der Waals surface area contributed by atoms with Crippen molar-refractivity contribution in [1.82, 2.24) is 9.88 Å². The summed E-state index contributed by atoms with van der Waals surface area (Å²) in [6.45, 7) is -0.147. The van der Waals surface area contributed by atoms with Crippen molar-refractivity contribution in [3.63, 3.8) is 0 Å². The molecule has 2 aromatic carbocycles. The summed E-state index contributed by atoms with van der Waals surface area (Å²) < 4.78 is 1.79. The Bertz CT molecular complexity index is 915. The van der Waals surface area contributed by atoms with Crippen LogP contribution in [-0.2, 0) is 11.8 Å². The molecule has 3 aromatic rings. The summed E-state index contributed by atoms with van der Waals surface area (Å²) >= 11 is 0. The minimum Gasteiger partial charge on any atom is -0.508 e. The van der Waals surface area contributed by atoms with Crippen LogP contribution in [0.15, 0.2) is 66.7 Å². The quantitative estimate of drug-likeness (QED) is 0.619. The maximum atomic E-state index is 12.4. The third-order valence-corrected chi connectivity index (χ3v) is 3.98. The topological polar surface area (TPSA) is 83.4 Å². The van der Waals surface area contributed by atoms with Gasteiger partial charge in [-0.2, -0.15) is 0 Å². The van der Waals surface area contributed by atoms with Crippen LogP contribution in [0.25, 0.3) is 11.3 Å². The van der Waals surface area contributed by atoms with Crippen molar-refractivity contribution in [2.24, 2.45) is 7.05 Å². The molecule has 0 fully saturated rings. The Balaban J connectivity index is 1.61. The third-order valence-electron chi connectivity index (χ3n) is 3.98. The lowest BCUT2D eigenvalue weighted by atomic mass is 10.2. The minimum absolute atomic E-state index is 0.120. The number of hydrogen-bond donors (Lipinski definition) is 3. The number of carbonyl (C=O) groups excluding carboxylic acids is 2. The van der Waals surface area contributed by atoms with Crippen molar-refractivity contribution < 1.29 is 14.7 Å². The molecule has 0 aliphatic rings. The van der Waals surface area contributed by atoms with E-state index < -0.39 is 0 Å². The van der Waals surface area contributed by atoms with Gasteiger partial charge in [-0.15, -0.1) is 0 Å². The smallest absolute Gasteiger partial charge is 0.268 e. The summed E-state index contributed by atoms with van der Waals surface area (Å²) in [6, 6.07) is 19.5. The van der Waals surface area contributed by atoms with E-state index in [1.165, 1.54) is 12.1 Å². The summed E-state index contributed by atoms with van der Waals surface area (Å²) in [4.78, 5) is 24.3. The molecule has 1 aromatic heterocycles. The van der Waals surface area contributed by atoms with Gasteiger partial charge in [-0.25, -0.2) is 0 Å². The largest absolute Gasteiger partial charge is 0.508 e. The molecule has 0 saturated heterocycles.